The summed E-state index contributed by atoms with van der Waals surface area (Å²) in [5.74, 6) is 1.82. The fourth-order valence-electron chi connectivity index (χ4n) is 3.87. The largest absolute Gasteiger partial charge is 0.484 e. The predicted molar refractivity (Wildman–Crippen MR) is 107 cm³/mol. The maximum Gasteiger partial charge on any atom is 0.170 e. The van der Waals surface area contributed by atoms with Crippen LogP contribution >= 0.6 is 0 Å². The standard InChI is InChI=1S/C24H20O5/c25-14-23-24(15-6-2-1-3-7-15)29-22-12-16(10-11-20(22)28-23)21-13-18(26)17-8-4-5-9-19(17)27-21/h1-12,21,23-25H,13-14H2. The number of benzene rings is 3. The van der Waals surface area contributed by atoms with E-state index in [4.69, 9.17) is 14.2 Å². The van der Waals surface area contributed by atoms with E-state index in [-0.39, 0.29) is 24.9 Å². The SMILES string of the molecule is O=C1CC(c2ccc3c(c2)OC(c2ccccc2)C(CO)O3)Oc2ccccc21. The third-order valence-electron chi connectivity index (χ3n) is 5.35. The smallest absolute Gasteiger partial charge is 0.170 e. The Morgan fingerprint density at radius 2 is 1.59 bits per heavy atom. The second kappa shape index (κ2) is 7.26. The lowest BCUT2D eigenvalue weighted by Gasteiger charge is -2.34. The minimum Gasteiger partial charge on any atom is -0.484 e. The number of hydrogen-bond acceptors (Lipinski definition) is 5. The summed E-state index contributed by atoms with van der Waals surface area (Å²) >= 11 is 0. The average Bonchev–Trinajstić information content (AvgIpc) is 2.78. The van der Waals surface area contributed by atoms with Crippen LogP contribution in [0.3, 0.4) is 0 Å². The van der Waals surface area contributed by atoms with Crippen molar-refractivity contribution >= 4 is 5.78 Å². The van der Waals surface area contributed by atoms with Gasteiger partial charge in [0, 0.05) is 0 Å². The number of aliphatic hydroxyl groups excluding tert-OH is 1. The number of Topliss-reactive ketones (excluding diaryl/α,β-unsaturated/α-hetero) is 1. The summed E-state index contributed by atoms with van der Waals surface area (Å²) in [5.41, 5.74) is 2.40. The van der Waals surface area contributed by atoms with Crippen molar-refractivity contribution in [1.29, 1.82) is 0 Å². The minimum atomic E-state index is -0.491. The maximum atomic E-state index is 12.5. The van der Waals surface area contributed by atoms with Crippen LogP contribution in [0.4, 0.5) is 0 Å². The molecule has 0 radical (unpaired) electrons. The van der Waals surface area contributed by atoms with Gasteiger partial charge < -0.3 is 19.3 Å². The molecule has 5 heteroatoms. The summed E-state index contributed by atoms with van der Waals surface area (Å²) < 4.78 is 18.3. The van der Waals surface area contributed by atoms with E-state index in [2.05, 4.69) is 0 Å². The summed E-state index contributed by atoms with van der Waals surface area (Å²) in [6, 6.07) is 22.5. The van der Waals surface area contributed by atoms with Crippen LogP contribution < -0.4 is 14.2 Å². The van der Waals surface area contributed by atoms with Crippen LogP contribution in [-0.2, 0) is 0 Å². The molecule has 0 fully saturated rings. The van der Waals surface area contributed by atoms with Crippen molar-refractivity contribution in [2.24, 2.45) is 0 Å². The number of carbonyl (C=O) groups excluding carboxylic acids is 1. The molecule has 29 heavy (non-hydrogen) atoms. The number of ether oxygens (including phenoxy) is 3. The minimum absolute atomic E-state index is 0.0641. The fraction of sp³-hybridized carbons (Fsp3) is 0.208. The van der Waals surface area contributed by atoms with Crippen molar-refractivity contribution in [1.82, 2.24) is 0 Å². The fourth-order valence-corrected chi connectivity index (χ4v) is 3.87. The number of fused-ring (bicyclic) bond motifs is 2. The Hall–Kier alpha value is -3.31. The summed E-state index contributed by atoms with van der Waals surface area (Å²) in [4.78, 5) is 12.5. The summed E-state index contributed by atoms with van der Waals surface area (Å²) in [6.07, 6.45) is -1.01. The molecule has 3 unspecified atom stereocenters. The van der Waals surface area contributed by atoms with Gasteiger partial charge >= 0.3 is 0 Å². The topological polar surface area (TPSA) is 65.0 Å². The van der Waals surface area contributed by atoms with E-state index in [1.54, 1.807) is 6.07 Å². The lowest BCUT2D eigenvalue weighted by atomic mass is 9.96. The van der Waals surface area contributed by atoms with E-state index < -0.39 is 12.2 Å². The lowest BCUT2D eigenvalue weighted by molar-refractivity contribution is -0.0125. The van der Waals surface area contributed by atoms with Gasteiger partial charge in [0.05, 0.1) is 18.6 Å². The van der Waals surface area contributed by atoms with Gasteiger partial charge in [0.15, 0.2) is 29.5 Å². The Balaban J connectivity index is 1.45. The first-order valence-electron chi connectivity index (χ1n) is 9.65. The number of rotatable bonds is 3. The van der Waals surface area contributed by atoms with E-state index in [9.17, 15) is 9.90 Å². The molecule has 2 aliphatic heterocycles. The number of aliphatic hydroxyl groups is 1. The molecular weight excluding hydrogens is 368 g/mol. The predicted octanol–water partition coefficient (Wildman–Crippen LogP) is 4.27. The summed E-state index contributed by atoms with van der Waals surface area (Å²) in [5, 5.41) is 9.77. The quantitative estimate of drug-likeness (QED) is 0.726. The maximum absolute atomic E-state index is 12.5. The lowest BCUT2D eigenvalue weighted by Crippen LogP contribution is -2.36. The van der Waals surface area contributed by atoms with E-state index in [1.165, 1.54) is 0 Å². The second-order valence-electron chi connectivity index (χ2n) is 7.22. The molecule has 3 aromatic rings. The molecule has 0 aliphatic carbocycles. The molecule has 1 N–H and O–H groups in total. The molecule has 5 rings (SSSR count). The van der Waals surface area contributed by atoms with Crippen LogP contribution in [0, 0.1) is 0 Å². The van der Waals surface area contributed by atoms with Crippen molar-refractivity contribution in [3.63, 3.8) is 0 Å². The van der Waals surface area contributed by atoms with Crippen molar-refractivity contribution in [3.05, 3.63) is 89.5 Å². The van der Waals surface area contributed by atoms with E-state index in [0.29, 0.717) is 22.8 Å². The molecule has 3 aromatic carbocycles. The van der Waals surface area contributed by atoms with Gasteiger partial charge in [0.1, 0.15) is 11.9 Å². The van der Waals surface area contributed by atoms with Crippen LogP contribution in [0.1, 0.15) is 40.1 Å². The van der Waals surface area contributed by atoms with Crippen LogP contribution in [-0.4, -0.2) is 23.6 Å². The van der Waals surface area contributed by atoms with Gasteiger partial charge in [0.25, 0.3) is 0 Å². The third kappa shape index (κ3) is 3.23. The second-order valence-corrected chi connectivity index (χ2v) is 7.22. The molecule has 0 spiro atoms. The van der Waals surface area contributed by atoms with Crippen LogP contribution in [0.5, 0.6) is 17.2 Å². The van der Waals surface area contributed by atoms with Gasteiger partial charge in [-0.2, -0.15) is 0 Å². The van der Waals surface area contributed by atoms with E-state index in [0.717, 1.165) is 11.1 Å². The Labute approximate surface area is 168 Å². The number of carbonyl (C=O) groups is 1. The molecule has 3 atom stereocenters. The average molecular weight is 388 g/mol. The zero-order chi connectivity index (χ0) is 19.8. The van der Waals surface area contributed by atoms with E-state index >= 15 is 0 Å². The highest BCUT2D eigenvalue weighted by molar-refractivity contribution is 5.99. The Morgan fingerprint density at radius 3 is 2.41 bits per heavy atom. The highest BCUT2D eigenvalue weighted by Crippen LogP contribution is 2.43. The molecule has 0 aromatic heterocycles. The van der Waals surface area contributed by atoms with Gasteiger partial charge in [-0.1, -0.05) is 48.5 Å². The van der Waals surface area contributed by atoms with E-state index in [1.807, 2.05) is 66.7 Å². The highest BCUT2D eigenvalue weighted by Gasteiger charge is 2.34. The molecule has 0 amide bonds. The number of hydrogen-bond donors (Lipinski definition) is 1. The van der Waals surface area contributed by atoms with Gasteiger partial charge in [-0.25, -0.2) is 0 Å². The third-order valence-corrected chi connectivity index (χ3v) is 5.35. The first-order chi connectivity index (χ1) is 14.2. The van der Waals surface area contributed by atoms with Crippen LogP contribution in [0.2, 0.25) is 0 Å². The van der Waals surface area contributed by atoms with Crippen LogP contribution in [0.15, 0.2) is 72.8 Å². The zero-order valence-corrected chi connectivity index (χ0v) is 15.7. The number of ketones is 1. The van der Waals surface area contributed by atoms with Gasteiger partial charge in [-0.05, 0) is 35.4 Å². The summed E-state index contributed by atoms with van der Waals surface area (Å²) in [7, 11) is 0. The Morgan fingerprint density at radius 1 is 0.793 bits per heavy atom. The van der Waals surface area contributed by atoms with Crippen LogP contribution in [0.25, 0.3) is 0 Å². The van der Waals surface area contributed by atoms with Crippen molar-refractivity contribution in [2.45, 2.75) is 24.7 Å². The molecule has 0 bridgehead atoms. The molecule has 0 saturated carbocycles. The number of para-hydroxylation sites is 1. The zero-order valence-electron chi connectivity index (χ0n) is 15.7. The first kappa shape index (κ1) is 17.8. The van der Waals surface area contributed by atoms with Gasteiger partial charge in [0.2, 0.25) is 0 Å². The molecule has 5 nitrogen and oxygen atoms in total. The Bertz CT molecular complexity index is 1050. The van der Waals surface area contributed by atoms with Crippen molar-refractivity contribution in [3.8, 4) is 17.2 Å². The van der Waals surface area contributed by atoms with Gasteiger partial charge in [-0.15, -0.1) is 0 Å². The monoisotopic (exact) mass is 388 g/mol. The summed E-state index contributed by atoms with van der Waals surface area (Å²) in [6.45, 7) is -0.155. The molecule has 146 valence electrons. The highest BCUT2D eigenvalue weighted by atomic mass is 16.6. The van der Waals surface area contributed by atoms with Gasteiger partial charge in [-0.3, -0.25) is 4.79 Å². The Kier molecular flexibility index (Phi) is 4.45. The molecule has 2 aliphatic rings. The molecule has 2 heterocycles. The van der Waals surface area contributed by atoms with Crippen molar-refractivity contribution in [2.75, 3.05) is 6.61 Å². The van der Waals surface area contributed by atoms with Crippen molar-refractivity contribution < 1.29 is 24.1 Å². The normalized spacial score (nSPS) is 22.5. The first-order valence-corrected chi connectivity index (χ1v) is 9.65. The molecular formula is C24H20O5. The molecule has 0 saturated heterocycles.